The van der Waals surface area contributed by atoms with Crippen LogP contribution in [-0.2, 0) is 13.1 Å². The Hall–Kier alpha value is -2.24. The molecule has 0 saturated heterocycles. The van der Waals surface area contributed by atoms with Crippen molar-refractivity contribution in [2.75, 3.05) is 7.11 Å². The summed E-state index contributed by atoms with van der Waals surface area (Å²) in [5.74, 6) is 0.372. The van der Waals surface area contributed by atoms with E-state index in [-0.39, 0.29) is 5.91 Å². The minimum Gasteiger partial charge on any atom is -0.496 e. The topological polar surface area (TPSA) is 42.7 Å². The molecule has 2 aromatic heterocycles. The first-order valence-corrected chi connectivity index (χ1v) is 8.59. The van der Waals surface area contributed by atoms with Gasteiger partial charge >= 0.3 is 0 Å². The van der Waals surface area contributed by atoms with Crippen LogP contribution in [0.2, 0.25) is 5.02 Å². The Morgan fingerprint density at radius 2 is 2.17 bits per heavy atom. The SMILES string of the molecule is COc1ccc(Cl)cc1C(=O)N(Cc1ccoc1)Cc1cccs1. The van der Waals surface area contributed by atoms with Crippen LogP contribution < -0.4 is 4.74 Å². The number of nitrogens with zero attached hydrogens (tertiary/aromatic N) is 1. The summed E-state index contributed by atoms with van der Waals surface area (Å²) in [4.78, 5) is 15.9. The number of halogens is 1. The van der Waals surface area contributed by atoms with Gasteiger partial charge in [-0.3, -0.25) is 4.79 Å². The highest BCUT2D eigenvalue weighted by atomic mass is 35.5. The van der Waals surface area contributed by atoms with E-state index in [4.69, 9.17) is 20.8 Å². The molecule has 0 spiro atoms. The van der Waals surface area contributed by atoms with Crippen molar-refractivity contribution < 1.29 is 13.9 Å². The molecule has 0 aliphatic heterocycles. The normalized spacial score (nSPS) is 10.6. The van der Waals surface area contributed by atoms with Gasteiger partial charge in [0.25, 0.3) is 5.91 Å². The zero-order valence-corrected chi connectivity index (χ0v) is 14.6. The molecule has 0 aliphatic carbocycles. The number of carbonyl (C=O) groups excluding carboxylic acids is 1. The van der Waals surface area contributed by atoms with E-state index in [9.17, 15) is 4.79 Å². The summed E-state index contributed by atoms with van der Waals surface area (Å²) in [5.41, 5.74) is 1.38. The third kappa shape index (κ3) is 3.80. The lowest BCUT2D eigenvalue weighted by Gasteiger charge is -2.22. The molecule has 3 aromatic rings. The van der Waals surface area contributed by atoms with Crippen molar-refractivity contribution in [3.8, 4) is 5.75 Å². The molecule has 0 fully saturated rings. The van der Waals surface area contributed by atoms with Crippen LogP contribution in [0.4, 0.5) is 0 Å². The van der Waals surface area contributed by atoms with Crippen LogP contribution in [0.1, 0.15) is 20.8 Å². The molecule has 0 radical (unpaired) electrons. The minimum absolute atomic E-state index is 0.135. The number of methoxy groups -OCH3 is 1. The van der Waals surface area contributed by atoms with Gasteiger partial charge in [-0.15, -0.1) is 11.3 Å². The maximum Gasteiger partial charge on any atom is 0.258 e. The monoisotopic (exact) mass is 361 g/mol. The average molecular weight is 362 g/mol. The number of hydrogen-bond donors (Lipinski definition) is 0. The first-order valence-electron chi connectivity index (χ1n) is 7.33. The Balaban J connectivity index is 1.91. The molecule has 0 atom stereocenters. The van der Waals surface area contributed by atoms with Gasteiger partial charge in [0.05, 0.1) is 31.7 Å². The van der Waals surface area contributed by atoms with E-state index in [0.29, 0.717) is 29.4 Å². The molecule has 124 valence electrons. The van der Waals surface area contributed by atoms with Crippen molar-refractivity contribution in [2.45, 2.75) is 13.1 Å². The van der Waals surface area contributed by atoms with Crippen molar-refractivity contribution >= 4 is 28.8 Å². The first-order chi connectivity index (χ1) is 11.7. The van der Waals surface area contributed by atoms with E-state index in [0.717, 1.165) is 10.4 Å². The van der Waals surface area contributed by atoms with Gasteiger partial charge < -0.3 is 14.1 Å². The highest BCUT2D eigenvalue weighted by Gasteiger charge is 2.21. The van der Waals surface area contributed by atoms with Crippen LogP contribution in [0, 0.1) is 0 Å². The molecule has 1 aromatic carbocycles. The average Bonchev–Trinajstić information content (AvgIpc) is 3.27. The lowest BCUT2D eigenvalue weighted by molar-refractivity contribution is 0.0728. The Bertz CT molecular complexity index is 764. The van der Waals surface area contributed by atoms with Crippen molar-refractivity contribution in [2.24, 2.45) is 0 Å². The van der Waals surface area contributed by atoms with Gasteiger partial charge in [-0.1, -0.05) is 17.7 Å². The summed E-state index contributed by atoms with van der Waals surface area (Å²) in [6.07, 6.45) is 3.24. The summed E-state index contributed by atoms with van der Waals surface area (Å²) in [6.45, 7) is 0.959. The molecule has 1 amide bonds. The zero-order valence-electron chi connectivity index (χ0n) is 13.1. The third-order valence-corrected chi connectivity index (χ3v) is 4.66. The van der Waals surface area contributed by atoms with Crippen molar-refractivity contribution in [1.29, 1.82) is 0 Å². The molecular weight excluding hydrogens is 346 g/mol. The smallest absolute Gasteiger partial charge is 0.258 e. The Labute approximate surface area is 149 Å². The van der Waals surface area contributed by atoms with Gasteiger partial charge in [-0.05, 0) is 35.7 Å². The third-order valence-electron chi connectivity index (χ3n) is 3.56. The number of carbonyl (C=O) groups is 1. The summed E-state index contributed by atoms with van der Waals surface area (Å²) >= 11 is 7.68. The molecule has 2 heterocycles. The van der Waals surface area contributed by atoms with Crippen molar-refractivity contribution in [3.05, 3.63) is 75.3 Å². The molecule has 4 nitrogen and oxygen atoms in total. The summed E-state index contributed by atoms with van der Waals surface area (Å²) in [6, 6.07) is 10.9. The van der Waals surface area contributed by atoms with Gasteiger partial charge in [0.15, 0.2) is 0 Å². The number of hydrogen-bond acceptors (Lipinski definition) is 4. The van der Waals surface area contributed by atoms with E-state index in [2.05, 4.69) is 0 Å². The number of amides is 1. The van der Waals surface area contributed by atoms with Crippen molar-refractivity contribution in [1.82, 2.24) is 4.90 Å². The second kappa shape index (κ2) is 7.55. The predicted octanol–water partition coefficient (Wildman–Crippen LogP) is 4.85. The van der Waals surface area contributed by atoms with E-state index >= 15 is 0 Å². The van der Waals surface area contributed by atoms with Crippen LogP contribution >= 0.6 is 22.9 Å². The fourth-order valence-electron chi connectivity index (χ4n) is 2.41. The molecular formula is C18H16ClNO3S. The molecule has 6 heteroatoms. The zero-order chi connectivity index (χ0) is 16.9. The van der Waals surface area contributed by atoms with Crippen LogP contribution in [0.5, 0.6) is 5.75 Å². The second-order valence-corrected chi connectivity index (χ2v) is 6.69. The van der Waals surface area contributed by atoms with Gasteiger partial charge in [0.1, 0.15) is 5.75 Å². The number of benzene rings is 1. The van der Waals surface area contributed by atoms with Gasteiger partial charge in [0, 0.05) is 22.0 Å². The summed E-state index contributed by atoms with van der Waals surface area (Å²) in [7, 11) is 1.54. The van der Waals surface area contributed by atoms with Gasteiger partial charge in [-0.25, -0.2) is 0 Å². The summed E-state index contributed by atoms with van der Waals surface area (Å²) < 4.78 is 10.4. The van der Waals surface area contributed by atoms with Crippen LogP contribution in [0.15, 0.2) is 58.7 Å². The molecule has 0 bridgehead atoms. The Morgan fingerprint density at radius 1 is 1.29 bits per heavy atom. The van der Waals surface area contributed by atoms with Crippen LogP contribution in [-0.4, -0.2) is 17.9 Å². The van der Waals surface area contributed by atoms with E-state index in [1.165, 1.54) is 0 Å². The standard InChI is InChI=1S/C18H16ClNO3S/c1-22-17-5-4-14(19)9-16(17)18(21)20(10-13-6-7-23-12-13)11-15-3-2-8-24-15/h2-9,12H,10-11H2,1H3. The molecule has 0 N–H and O–H groups in total. The van der Waals surface area contributed by atoms with Gasteiger partial charge in [-0.2, -0.15) is 0 Å². The predicted molar refractivity (Wildman–Crippen MR) is 94.6 cm³/mol. The number of furan rings is 1. The second-order valence-electron chi connectivity index (χ2n) is 5.22. The van der Waals surface area contributed by atoms with Crippen LogP contribution in [0.3, 0.4) is 0 Å². The fraction of sp³-hybridized carbons (Fsp3) is 0.167. The Kier molecular flexibility index (Phi) is 5.23. The quantitative estimate of drug-likeness (QED) is 0.630. The van der Waals surface area contributed by atoms with Gasteiger partial charge in [0.2, 0.25) is 0 Å². The van der Waals surface area contributed by atoms with Crippen LogP contribution in [0.25, 0.3) is 0 Å². The highest BCUT2D eigenvalue weighted by molar-refractivity contribution is 7.09. The lowest BCUT2D eigenvalue weighted by atomic mass is 10.1. The molecule has 0 aliphatic rings. The number of thiophene rings is 1. The Morgan fingerprint density at radius 3 is 2.83 bits per heavy atom. The number of ether oxygens (including phenoxy) is 1. The highest BCUT2D eigenvalue weighted by Crippen LogP contribution is 2.26. The maximum atomic E-state index is 13.1. The van der Waals surface area contributed by atoms with E-state index in [1.807, 2.05) is 23.6 Å². The molecule has 3 rings (SSSR count). The molecule has 0 unspecified atom stereocenters. The summed E-state index contributed by atoms with van der Waals surface area (Å²) in [5, 5.41) is 2.49. The first kappa shape index (κ1) is 16.6. The fourth-order valence-corrected chi connectivity index (χ4v) is 3.30. The maximum absolute atomic E-state index is 13.1. The lowest BCUT2D eigenvalue weighted by Crippen LogP contribution is -2.30. The van der Waals surface area contributed by atoms with Crippen molar-refractivity contribution in [3.63, 3.8) is 0 Å². The number of rotatable bonds is 6. The molecule has 0 saturated carbocycles. The van der Waals surface area contributed by atoms with E-state index in [1.54, 1.807) is 54.1 Å². The minimum atomic E-state index is -0.135. The van der Waals surface area contributed by atoms with E-state index < -0.39 is 0 Å². The largest absolute Gasteiger partial charge is 0.496 e. The molecule has 24 heavy (non-hydrogen) atoms.